The summed E-state index contributed by atoms with van der Waals surface area (Å²) >= 11 is 5.80. The maximum absolute atomic E-state index is 12.1. The largest absolute Gasteiger partial charge is 0.497 e. The molecule has 0 aliphatic heterocycles. The van der Waals surface area contributed by atoms with Gasteiger partial charge in [0.1, 0.15) is 5.75 Å². The van der Waals surface area contributed by atoms with Crippen LogP contribution in [0.4, 0.5) is 0 Å². The first-order valence-electron chi connectivity index (χ1n) is 8.51. The van der Waals surface area contributed by atoms with E-state index in [2.05, 4.69) is 10.6 Å². The Balaban J connectivity index is 1.86. The number of benzene rings is 2. The van der Waals surface area contributed by atoms with Crippen LogP contribution < -0.4 is 15.4 Å². The number of nitrogens with zero attached hydrogens (tertiary/aromatic N) is 1. The van der Waals surface area contributed by atoms with Crippen LogP contribution in [0.5, 0.6) is 5.75 Å². The summed E-state index contributed by atoms with van der Waals surface area (Å²) in [7, 11) is 5.52. The van der Waals surface area contributed by atoms with Crippen LogP contribution in [0.1, 0.15) is 22.0 Å². The van der Waals surface area contributed by atoms with Gasteiger partial charge in [-0.2, -0.15) is 0 Å². The van der Waals surface area contributed by atoms with E-state index < -0.39 is 0 Å². The van der Waals surface area contributed by atoms with Crippen molar-refractivity contribution < 1.29 is 14.3 Å². The highest BCUT2D eigenvalue weighted by Crippen LogP contribution is 2.20. The SMILES string of the molecule is COc1ccc([C@H](CNC(=O)CNC(=O)c2ccc(Cl)cc2)N(C)C)cc1. The normalized spacial score (nSPS) is 11.7. The van der Waals surface area contributed by atoms with Gasteiger partial charge in [0, 0.05) is 17.1 Å². The Morgan fingerprint density at radius 3 is 2.22 bits per heavy atom. The summed E-state index contributed by atoms with van der Waals surface area (Å²) in [5.41, 5.74) is 1.52. The maximum atomic E-state index is 12.1. The van der Waals surface area contributed by atoms with Crippen molar-refractivity contribution >= 4 is 23.4 Å². The Hall–Kier alpha value is -2.57. The van der Waals surface area contributed by atoms with E-state index >= 15 is 0 Å². The van der Waals surface area contributed by atoms with Gasteiger partial charge in [-0.1, -0.05) is 23.7 Å². The molecule has 0 saturated heterocycles. The summed E-state index contributed by atoms with van der Waals surface area (Å²) in [5.74, 6) is 0.212. The Labute approximate surface area is 164 Å². The molecule has 0 bridgehead atoms. The van der Waals surface area contributed by atoms with Crippen molar-refractivity contribution in [3.8, 4) is 5.75 Å². The van der Waals surface area contributed by atoms with Gasteiger partial charge in [-0.05, 0) is 56.1 Å². The molecule has 0 radical (unpaired) electrons. The second-order valence-electron chi connectivity index (χ2n) is 6.25. The van der Waals surface area contributed by atoms with Crippen LogP contribution in [0, 0.1) is 0 Å². The number of carbonyl (C=O) groups excluding carboxylic acids is 2. The zero-order valence-corrected chi connectivity index (χ0v) is 16.4. The first-order valence-corrected chi connectivity index (χ1v) is 8.89. The number of nitrogens with one attached hydrogen (secondary N) is 2. The first kappa shape index (κ1) is 20.7. The highest BCUT2D eigenvalue weighted by atomic mass is 35.5. The monoisotopic (exact) mass is 389 g/mol. The molecule has 2 aromatic carbocycles. The van der Waals surface area contributed by atoms with Gasteiger partial charge in [0.25, 0.3) is 5.91 Å². The van der Waals surface area contributed by atoms with Crippen molar-refractivity contribution in [1.82, 2.24) is 15.5 Å². The molecule has 2 N–H and O–H groups in total. The minimum Gasteiger partial charge on any atom is -0.497 e. The molecule has 0 saturated carbocycles. The summed E-state index contributed by atoms with van der Waals surface area (Å²) in [5, 5.41) is 6.01. The summed E-state index contributed by atoms with van der Waals surface area (Å²) in [4.78, 5) is 26.2. The Kier molecular flexibility index (Phi) is 7.64. The minimum absolute atomic E-state index is 0.00632. The fourth-order valence-corrected chi connectivity index (χ4v) is 2.69. The van der Waals surface area contributed by atoms with Gasteiger partial charge in [0.05, 0.1) is 19.7 Å². The number of amides is 2. The average molecular weight is 390 g/mol. The van der Waals surface area contributed by atoms with Gasteiger partial charge in [0.2, 0.25) is 5.91 Å². The standard InChI is InChI=1S/C20H24ClN3O3/c1-24(2)18(14-6-10-17(27-3)11-7-14)12-22-19(25)13-23-20(26)15-4-8-16(21)9-5-15/h4-11,18H,12-13H2,1-3H3,(H,22,25)(H,23,26)/t18-/m0/s1. The summed E-state index contributed by atoms with van der Waals surface area (Å²) in [6.45, 7) is 0.333. The van der Waals surface area contributed by atoms with E-state index in [9.17, 15) is 9.59 Å². The predicted octanol–water partition coefficient (Wildman–Crippen LogP) is 2.50. The molecular weight excluding hydrogens is 366 g/mol. The molecule has 1 atom stereocenters. The van der Waals surface area contributed by atoms with Crippen LogP contribution in [0.15, 0.2) is 48.5 Å². The third-order valence-corrected chi connectivity index (χ3v) is 4.38. The van der Waals surface area contributed by atoms with Crippen molar-refractivity contribution in [2.45, 2.75) is 6.04 Å². The smallest absolute Gasteiger partial charge is 0.251 e. The number of hydrogen-bond acceptors (Lipinski definition) is 4. The second-order valence-corrected chi connectivity index (χ2v) is 6.68. The molecule has 0 fully saturated rings. The Morgan fingerprint density at radius 2 is 1.67 bits per heavy atom. The van der Waals surface area contributed by atoms with Crippen LogP contribution in [-0.4, -0.2) is 51.0 Å². The lowest BCUT2D eigenvalue weighted by molar-refractivity contribution is -0.120. The fraction of sp³-hybridized carbons (Fsp3) is 0.300. The summed E-state index contributed by atoms with van der Waals surface area (Å²) in [6.07, 6.45) is 0. The maximum Gasteiger partial charge on any atom is 0.251 e. The van der Waals surface area contributed by atoms with Crippen LogP contribution in [0.3, 0.4) is 0 Å². The van der Waals surface area contributed by atoms with Gasteiger partial charge in [-0.25, -0.2) is 0 Å². The number of likely N-dealkylation sites (N-methyl/N-ethyl adjacent to an activating group) is 1. The number of methoxy groups -OCH3 is 1. The topological polar surface area (TPSA) is 70.7 Å². The molecule has 144 valence electrons. The van der Waals surface area contributed by atoms with Crippen molar-refractivity contribution in [3.05, 3.63) is 64.7 Å². The lowest BCUT2D eigenvalue weighted by Crippen LogP contribution is -2.40. The van der Waals surface area contributed by atoms with Crippen LogP contribution in [0.25, 0.3) is 0 Å². The van der Waals surface area contributed by atoms with E-state index in [1.165, 1.54) is 0 Å². The molecular formula is C20H24ClN3O3. The van der Waals surface area contributed by atoms with Crippen molar-refractivity contribution in [2.75, 3.05) is 34.3 Å². The van der Waals surface area contributed by atoms with E-state index in [1.54, 1.807) is 31.4 Å². The van der Waals surface area contributed by atoms with E-state index in [-0.39, 0.29) is 24.4 Å². The fourth-order valence-electron chi connectivity index (χ4n) is 2.56. The molecule has 0 aliphatic rings. The van der Waals surface area contributed by atoms with E-state index in [0.717, 1.165) is 11.3 Å². The van der Waals surface area contributed by atoms with E-state index in [4.69, 9.17) is 16.3 Å². The van der Waals surface area contributed by atoms with Gasteiger partial charge < -0.3 is 20.3 Å². The first-order chi connectivity index (χ1) is 12.9. The van der Waals surface area contributed by atoms with Gasteiger partial charge >= 0.3 is 0 Å². The van der Waals surface area contributed by atoms with Crippen LogP contribution in [-0.2, 0) is 4.79 Å². The molecule has 6 nitrogen and oxygen atoms in total. The lowest BCUT2D eigenvalue weighted by Gasteiger charge is -2.25. The third kappa shape index (κ3) is 6.27. The minimum atomic E-state index is -0.318. The molecule has 2 aromatic rings. The molecule has 0 spiro atoms. The third-order valence-electron chi connectivity index (χ3n) is 4.13. The van der Waals surface area contributed by atoms with Crippen molar-refractivity contribution in [3.63, 3.8) is 0 Å². The number of hydrogen-bond donors (Lipinski definition) is 2. The summed E-state index contributed by atoms with van der Waals surface area (Å²) < 4.78 is 5.17. The van der Waals surface area contributed by atoms with Crippen molar-refractivity contribution in [2.24, 2.45) is 0 Å². The molecule has 0 unspecified atom stereocenters. The zero-order valence-electron chi connectivity index (χ0n) is 15.7. The zero-order chi connectivity index (χ0) is 19.8. The lowest BCUT2D eigenvalue weighted by atomic mass is 10.1. The summed E-state index contributed by atoms with van der Waals surface area (Å²) in [6, 6.07) is 14.2. The van der Waals surface area contributed by atoms with E-state index in [0.29, 0.717) is 17.1 Å². The number of rotatable bonds is 8. The highest BCUT2D eigenvalue weighted by Gasteiger charge is 2.16. The van der Waals surface area contributed by atoms with Gasteiger partial charge in [0.15, 0.2) is 0 Å². The number of halogens is 1. The van der Waals surface area contributed by atoms with Crippen LogP contribution in [0.2, 0.25) is 5.02 Å². The highest BCUT2D eigenvalue weighted by molar-refractivity contribution is 6.30. The molecule has 0 aliphatic carbocycles. The number of carbonyl (C=O) groups is 2. The molecule has 0 aromatic heterocycles. The quantitative estimate of drug-likeness (QED) is 0.727. The predicted molar refractivity (Wildman–Crippen MR) is 106 cm³/mol. The number of ether oxygens (including phenoxy) is 1. The van der Waals surface area contributed by atoms with Gasteiger partial charge in [-0.15, -0.1) is 0 Å². The molecule has 27 heavy (non-hydrogen) atoms. The second kappa shape index (κ2) is 9.94. The average Bonchev–Trinajstić information content (AvgIpc) is 2.67. The Bertz CT molecular complexity index is 761. The van der Waals surface area contributed by atoms with Crippen molar-refractivity contribution in [1.29, 1.82) is 0 Å². The molecule has 2 rings (SSSR count). The molecule has 2 amide bonds. The van der Waals surface area contributed by atoms with Crippen LogP contribution >= 0.6 is 11.6 Å². The Morgan fingerprint density at radius 1 is 1.04 bits per heavy atom. The molecule has 0 heterocycles. The van der Waals surface area contributed by atoms with E-state index in [1.807, 2.05) is 43.3 Å². The van der Waals surface area contributed by atoms with Gasteiger partial charge in [-0.3, -0.25) is 9.59 Å². The molecule has 7 heteroatoms.